The summed E-state index contributed by atoms with van der Waals surface area (Å²) in [6, 6.07) is -0.989. The molecule has 0 aliphatic carbocycles. The maximum atomic E-state index is 11.7. The van der Waals surface area contributed by atoms with Crippen LogP contribution in [-0.4, -0.2) is 38.8 Å². The Morgan fingerprint density at radius 2 is 2.23 bits per heavy atom. The lowest BCUT2D eigenvalue weighted by Gasteiger charge is -2.14. The second-order valence-corrected chi connectivity index (χ2v) is 5.81. The predicted octanol–water partition coefficient (Wildman–Crippen LogP) is -0.0257. The SMILES string of the molecule is Cc1ncc(COP(=O)(O)O)c(C=O)c1OC(=O)[C@@H](N)CS. The third-order valence-corrected chi connectivity index (χ3v) is 3.40. The lowest BCUT2D eigenvalue weighted by molar-refractivity contribution is -0.135. The number of phosphoric ester groups is 1. The van der Waals surface area contributed by atoms with Gasteiger partial charge in [-0.15, -0.1) is 0 Å². The fraction of sp³-hybridized carbons (Fsp3) is 0.364. The summed E-state index contributed by atoms with van der Waals surface area (Å²) in [5, 5.41) is 0. The average molecular weight is 350 g/mol. The Morgan fingerprint density at radius 3 is 2.73 bits per heavy atom. The number of carbonyl (C=O) groups excluding carboxylic acids is 2. The van der Waals surface area contributed by atoms with E-state index in [1.165, 1.54) is 13.1 Å². The number of nitrogens with zero attached hydrogens (tertiary/aromatic N) is 1. The summed E-state index contributed by atoms with van der Waals surface area (Å²) in [6.07, 6.45) is 1.58. The standard InChI is InChI=1S/C11H15N2O7PS/c1-6-10(20-11(15)9(12)5-22)8(3-14)7(2-13-6)4-19-21(16,17)18/h2-3,9,22H,4-5,12H2,1H3,(H2,16,17,18)/t9-/m0/s1. The first kappa shape index (κ1) is 18.8. The van der Waals surface area contributed by atoms with Gasteiger partial charge in [0.1, 0.15) is 6.04 Å². The van der Waals surface area contributed by atoms with Gasteiger partial charge in [0.05, 0.1) is 17.9 Å². The molecule has 0 bridgehead atoms. The van der Waals surface area contributed by atoms with Gasteiger partial charge in [-0.05, 0) is 6.92 Å². The van der Waals surface area contributed by atoms with Gasteiger partial charge in [0, 0.05) is 17.5 Å². The number of ether oxygens (including phenoxy) is 1. The van der Waals surface area contributed by atoms with Gasteiger partial charge in [0.2, 0.25) is 0 Å². The van der Waals surface area contributed by atoms with Crippen molar-refractivity contribution < 1.29 is 33.2 Å². The maximum Gasteiger partial charge on any atom is 0.469 e. The number of pyridine rings is 1. The number of nitrogens with two attached hydrogens (primary N) is 1. The maximum absolute atomic E-state index is 11.7. The van der Waals surface area contributed by atoms with Crippen LogP contribution in [0.1, 0.15) is 21.6 Å². The van der Waals surface area contributed by atoms with Gasteiger partial charge in [-0.1, -0.05) is 0 Å². The lowest BCUT2D eigenvalue weighted by atomic mass is 10.1. The van der Waals surface area contributed by atoms with Crippen molar-refractivity contribution in [2.75, 3.05) is 5.75 Å². The van der Waals surface area contributed by atoms with Crippen LogP contribution < -0.4 is 10.5 Å². The van der Waals surface area contributed by atoms with Gasteiger partial charge >= 0.3 is 13.8 Å². The van der Waals surface area contributed by atoms with Crippen LogP contribution in [-0.2, 0) is 20.5 Å². The monoisotopic (exact) mass is 350 g/mol. The smallest absolute Gasteiger partial charge is 0.423 e. The first-order valence-corrected chi connectivity index (χ1v) is 8.07. The Kier molecular flexibility index (Phi) is 6.66. The zero-order valence-corrected chi connectivity index (χ0v) is 13.3. The van der Waals surface area contributed by atoms with Crippen LogP contribution in [0.4, 0.5) is 0 Å². The van der Waals surface area contributed by atoms with Crippen LogP contribution >= 0.6 is 20.5 Å². The van der Waals surface area contributed by atoms with Crippen molar-refractivity contribution in [3.8, 4) is 5.75 Å². The number of aldehydes is 1. The summed E-state index contributed by atoms with van der Waals surface area (Å²) in [5.74, 6) is -0.900. The highest BCUT2D eigenvalue weighted by atomic mass is 32.1. The van der Waals surface area contributed by atoms with Gasteiger partial charge < -0.3 is 20.3 Å². The molecule has 4 N–H and O–H groups in total. The van der Waals surface area contributed by atoms with Crippen molar-refractivity contribution in [2.45, 2.75) is 19.6 Å². The molecule has 9 nitrogen and oxygen atoms in total. The number of thiol groups is 1. The molecule has 0 unspecified atom stereocenters. The Bertz CT molecular complexity index is 619. The first-order valence-electron chi connectivity index (χ1n) is 5.91. The van der Waals surface area contributed by atoms with Gasteiger partial charge in [-0.3, -0.25) is 14.3 Å². The third kappa shape index (κ3) is 5.16. The second kappa shape index (κ2) is 7.82. The normalized spacial score (nSPS) is 12.8. The molecule has 0 aliphatic rings. The zero-order chi connectivity index (χ0) is 16.9. The molecule has 22 heavy (non-hydrogen) atoms. The largest absolute Gasteiger partial charge is 0.469 e. The highest BCUT2D eigenvalue weighted by Gasteiger charge is 2.22. The molecule has 0 saturated heterocycles. The molecule has 0 radical (unpaired) electrons. The van der Waals surface area contributed by atoms with E-state index < -0.39 is 26.4 Å². The number of rotatable bonds is 7. The van der Waals surface area contributed by atoms with Gasteiger partial charge in [0.15, 0.2) is 12.0 Å². The van der Waals surface area contributed by atoms with E-state index in [2.05, 4.69) is 22.1 Å². The minimum atomic E-state index is -4.72. The number of phosphoric acid groups is 1. The minimum absolute atomic E-state index is 0.0444. The zero-order valence-electron chi connectivity index (χ0n) is 11.5. The van der Waals surface area contributed by atoms with Crippen molar-refractivity contribution in [2.24, 2.45) is 5.73 Å². The molecule has 0 amide bonds. The van der Waals surface area contributed by atoms with Crippen LogP contribution in [0, 0.1) is 6.92 Å². The van der Waals surface area contributed by atoms with Crippen molar-refractivity contribution in [1.29, 1.82) is 0 Å². The van der Waals surface area contributed by atoms with E-state index in [0.717, 1.165) is 0 Å². The Morgan fingerprint density at radius 1 is 1.59 bits per heavy atom. The van der Waals surface area contributed by atoms with Gasteiger partial charge in [-0.2, -0.15) is 12.6 Å². The van der Waals surface area contributed by atoms with E-state index in [1.54, 1.807) is 0 Å². The number of hydrogen-bond acceptors (Lipinski definition) is 8. The number of esters is 1. The van der Waals surface area contributed by atoms with Crippen molar-refractivity contribution >= 4 is 32.7 Å². The summed E-state index contributed by atoms with van der Waals surface area (Å²) < 4.78 is 20.1. The molecule has 1 heterocycles. The summed E-state index contributed by atoms with van der Waals surface area (Å²) in [5.41, 5.74) is 5.67. The molecular weight excluding hydrogens is 335 g/mol. The predicted molar refractivity (Wildman–Crippen MR) is 78.7 cm³/mol. The summed E-state index contributed by atoms with van der Waals surface area (Å²) >= 11 is 3.86. The number of aromatic nitrogens is 1. The topological polar surface area (TPSA) is 149 Å². The van der Waals surface area contributed by atoms with Crippen LogP contribution in [0.15, 0.2) is 6.20 Å². The Hall–Kier alpha value is -1.29. The van der Waals surface area contributed by atoms with Crippen LogP contribution in [0.2, 0.25) is 0 Å². The molecule has 0 fully saturated rings. The van der Waals surface area contributed by atoms with E-state index in [4.69, 9.17) is 20.3 Å². The van der Waals surface area contributed by atoms with Crippen molar-refractivity contribution in [3.05, 3.63) is 23.0 Å². The van der Waals surface area contributed by atoms with E-state index in [1.807, 2.05) is 0 Å². The highest BCUT2D eigenvalue weighted by Crippen LogP contribution is 2.37. The van der Waals surface area contributed by atoms with Crippen molar-refractivity contribution in [3.63, 3.8) is 0 Å². The van der Waals surface area contributed by atoms with E-state index in [-0.39, 0.29) is 28.3 Å². The van der Waals surface area contributed by atoms with Crippen LogP contribution in [0.25, 0.3) is 0 Å². The minimum Gasteiger partial charge on any atom is -0.423 e. The number of carbonyl (C=O) groups is 2. The fourth-order valence-corrected chi connectivity index (χ4v) is 1.88. The summed E-state index contributed by atoms with van der Waals surface area (Å²) in [6.45, 7) is 0.921. The molecule has 0 aromatic carbocycles. The van der Waals surface area contributed by atoms with Gasteiger partial charge in [0.25, 0.3) is 0 Å². The third-order valence-electron chi connectivity index (χ3n) is 2.54. The summed E-state index contributed by atoms with van der Waals surface area (Å²) in [7, 11) is -4.72. The lowest BCUT2D eigenvalue weighted by Crippen LogP contribution is -2.36. The average Bonchev–Trinajstić information content (AvgIpc) is 2.45. The number of hydrogen-bond donors (Lipinski definition) is 4. The molecule has 0 aliphatic heterocycles. The molecule has 0 saturated carbocycles. The van der Waals surface area contributed by atoms with Crippen molar-refractivity contribution in [1.82, 2.24) is 4.98 Å². The Balaban J connectivity index is 3.13. The van der Waals surface area contributed by atoms with E-state index in [9.17, 15) is 14.2 Å². The fourth-order valence-electron chi connectivity index (χ4n) is 1.42. The second-order valence-electron chi connectivity index (χ2n) is 4.20. The van der Waals surface area contributed by atoms with Crippen LogP contribution in [0.5, 0.6) is 5.75 Å². The van der Waals surface area contributed by atoms with Crippen LogP contribution in [0.3, 0.4) is 0 Å². The number of aryl methyl sites for hydroxylation is 1. The first-order chi connectivity index (χ1) is 10.2. The molecule has 1 aromatic heterocycles. The molecule has 1 atom stereocenters. The molecule has 1 rings (SSSR count). The quantitative estimate of drug-likeness (QED) is 0.230. The summed E-state index contributed by atoms with van der Waals surface area (Å²) in [4.78, 5) is 44.2. The van der Waals surface area contributed by atoms with Gasteiger partial charge in [-0.25, -0.2) is 9.36 Å². The molecule has 1 aromatic rings. The highest BCUT2D eigenvalue weighted by molar-refractivity contribution is 7.80. The van der Waals surface area contributed by atoms with E-state index in [0.29, 0.717) is 6.29 Å². The molecule has 0 spiro atoms. The Labute approximate surface area is 131 Å². The molecule has 11 heteroatoms. The molecular formula is C11H15N2O7PS. The molecule has 122 valence electrons. The van der Waals surface area contributed by atoms with E-state index >= 15 is 0 Å².